The van der Waals surface area contributed by atoms with Gasteiger partial charge in [-0.2, -0.15) is 0 Å². The van der Waals surface area contributed by atoms with Crippen LogP contribution in [-0.4, -0.2) is 10.9 Å². The summed E-state index contributed by atoms with van der Waals surface area (Å²) in [4.78, 5) is 18.2. The van der Waals surface area contributed by atoms with Crippen molar-refractivity contribution in [1.82, 2.24) is 4.98 Å². The van der Waals surface area contributed by atoms with Crippen LogP contribution in [0.25, 0.3) is 10.2 Å². The second kappa shape index (κ2) is 6.00. The van der Waals surface area contributed by atoms with Crippen molar-refractivity contribution < 1.29 is 4.79 Å². The molecule has 0 aliphatic rings. The van der Waals surface area contributed by atoms with E-state index in [0.717, 1.165) is 21.5 Å². The largest absolute Gasteiger partial charge is 0.397 e. The minimum atomic E-state index is -0.291. The smallest absolute Gasteiger partial charge is 0.267 e. The van der Waals surface area contributed by atoms with Gasteiger partial charge in [-0.05, 0) is 43.7 Å². The highest BCUT2D eigenvalue weighted by atomic mass is 35.5. The lowest BCUT2D eigenvalue weighted by atomic mass is 10.1. The first kappa shape index (κ1) is 16.1. The summed E-state index contributed by atoms with van der Waals surface area (Å²) < 4.78 is 0. The second-order valence-corrected chi connectivity index (χ2v) is 7.00. The Morgan fingerprint density at radius 2 is 1.96 bits per heavy atom. The molecule has 7 heteroatoms. The molecule has 118 valence electrons. The van der Waals surface area contributed by atoms with Gasteiger partial charge in [-0.15, -0.1) is 11.3 Å². The molecule has 0 aliphatic heterocycles. The highest BCUT2D eigenvalue weighted by Crippen LogP contribution is 2.35. The summed E-state index contributed by atoms with van der Waals surface area (Å²) in [5.41, 5.74) is 9.07. The van der Waals surface area contributed by atoms with Gasteiger partial charge in [0.1, 0.15) is 9.71 Å². The van der Waals surface area contributed by atoms with Gasteiger partial charge in [0, 0.05) is 16.8 Å². The molecule has 4 nitrogen and oxygen atoms in total. The van der Waals surface area contributed by atoms with Crippen molar-refractivity contribution >= 4 is 62.0 Å². The number of hydrogen-bond donors (Lipinski definition) is 2. The van der Waals surface area contributed by atoms with E-state index in [1.165, 1.54) is 11.3 Å². The third kappa shape index (κ3) is 3.00. The lowest BCUT2D eigenvalue weighted by Gasteiger charge is -2.05. The summed E-state index contributed by atoms with van der Waals surface area (Å²) in [6, 6.07) is 6.86. The van der Waals surface area contributed by atoms with Gasteiger partial charge >= 0.3 is 0 Å². The number of aromatic nitrogens is 1. The molecule has 0 saturated heterocycles. The van der Waals surface area contributed by atoms with Crippen LogP contribution in [0, 0.1) is 13.8 Å². The van der Waals surface area contributed by atoms with E-state index in [0.29, 0.717) is 26.3 Å². The van der Waals surface area contributed by atoms with Crippen LogP contribution in [0.15, 0.2) is 24.3 Å². The first-order chi connectivity index (χ1) is 10.9. The number of aryl methyl sites for hydroxylation is 2. The number of hydrogen-bond acceptors (Lipinski definition) is 4. The molecule has 1 aromatic carbocycles. The van der Waals surface area contributed by atoms with Gasteiger partial charge < -0.3 is 11.1 Å². The number of nitrogens with one attached hydrogen (secondary N) is 1. The number of nitrogens with zero attached hydrogens (tertiary/aromatic N) is 1. The van der Waals surface area contributed by atoms with Crippen LogP contribution >= 0.6 is 34.5 Å². The molecular formula is C16H13Cl2N3OS. The van der Waals surface area contributed by atoms with Crippen LogP contribution in [0.2, 0.25) is 10.0 Å². The fourth-order valence-corrected chi connectivity index (χ4v) is 3.81. The normalized spacial score (nSPS) is 11.0. The van der Waals surface area contributed by atoms with Gasteiger partial charge in [0.2, 0.25) is 0 Å². The number of pyridine rings is 1. The third-order valence-corrected chi connectivity index (χ3v) is 5.25. The summed E-state index contributed by atoms with van der Waals surface area (Å²) in [6.45, 7) is 3.87. The summed E-state index contributed by atoms with van der Waals surface area (Å²) in [7, 11) is 0. The SMILES string of the molecule is Cc1cc(C)c2c(N)c(C(=O)Nc3ccc(Cl)c(Cl)c3)sc2n1. The van der Waals surface area contributed by atoms with Crippen LogP contribution in [0.4, 0.5) is 11.4 Å². The van der Waals surface area contributed by atoms with Gasteiger partial charge in [0.15, 0.2) is 0 Å². The fraction of sp³-hybridized carbons (Fsp3) is 0.125. The maximum atomic E-state index is 12.5. The lowest BCUT2D eigenvalue weighted by Crippen LogP contribution is -2.11. The van der Waals surface area contributed by atoms with Crippen molar-refractivity contribution in [3.63, 3.8) is 0 Å². The molecule has 23 heavy (non-hydrogen) atoms. The molecule has 3 rings (SSSR count). The van der Waals surface area contributed by atoms with Gasteiger partial charge in [0.05, 0.1) is 15.7 Å². The molecule has 0 aliphatic carbocycles. The monoisotopic (exact) mass is 365 g/mol. The van der Waals surface area contributed by atoms with E-state index in [4.69, 9.17) is 28.9 Å². The van der Waals surface area contributed by atoms with Gasteiger partial charge in [-0.3, -0.25) is 4.79 Å². The van der Waals surface area contributed by atoms with E-state index in [1.807, 2.05) is 19.9 Å². The lowest BCUT2D eigenvalue weighted by molar-refractivity contribution is 0.103. The first-order valence-electron chi connectivity index (χ1n) is 6.79. The Bertz CT molecular complexity index is 937. The molecule has 0 saturated carbocycles. The van der Waals surface area contributed by atoms with Crippen molar-refractivity contribution in [3.05, 3.63) is 50.4 Å². The predicted octanol–water partition coefficient (Wildman–Crippen LogP) is 5.05. The number of nitrogen functional groups attached to an aromatic ring is 1. The number of carbonyl (C=O) groups excluding carboxylic acids is 1. The Hall–Kier alpha value is -1.82. The van der Waals surface area contributed by atoms with Crippen molar-refractivity contribution in [2.75, 3.05) is 11.1 Å². The van der Waals surface area contributed by atoms with Gasteiger partial charge in [0.25, 0.3) is 5.91 Å². The maximum Gasteiger partial charge on any atom is 0.267 e. The molecule has 0 atom stereocenters. The number of nitrogens with two attached hydrogens (primary N) is 1. The summed E-state index contributed by atoms with van der Waals surface area (Å²) in [5.74, 6) is -0.291. The zero-order valence-electron chi connectivity index (χ0n) is 12.4. The van der Waals surface area contributed by atoms with Crippen LogP contribution < -0.4 is 11.1 Å². The van der Waals surface area contributed by atoms with Crippen LogP contribution in [0.5, 0.6) is 0 Å². The number of rotatable bonds is 2. The van der Waals surface area contributed by atoms with Crippen LogP contribution in [0.3, 0.4) is 0 Å². The van der Waals surface area contributed by atoms with Crippen molar-refractivity contribution in [2.45, 2.75) is 13.8 Å². The molecule has 3 N–H and O–H groups in total. The van der Waals surface area contributed by atoms with E-state index >= 15 is 0 Å². The van der Waals surface area contributed by atoms with E-state index in [-0.39, 0.29) is 5.91 Å². The number of benzene rings is 1. The summed E-state index contributed by atoms with van der Waals surface area (Å²) in [5, 5.41) is 4.42. The minimum Gasteiger partial charge on any atom is -0.397 e. The standard InChI is InChI=1S/C16H13Cl2N3OS/c1-7-5-8(2)20-16-12(7)13(19)14(23-16)15(22)21-9-3-4-10(17)11(18)6-9/h3-6H,19H2,1-2H3,(H,21,22). The molecule has 3 aromatic rings. The molecule has 0 bridgehead atoms. The second-order valence-electron chi connectivity index (χ2n) is 5.19. The van der Waals surface area contributed by atoms with Crippen molar-refractivity contribution in [2.24, 2.45) is 0 Å². The van der Waals surface area contributed by atoms with E-state index in [2.05, 4.69) is 10.3 Å². The molecule has 1 amide bonds. The van der Waals surface area contributed by atoms with E-state index < -0.39 is 0 Å². The number of fused-ring (bicyclic) bond motifs is 1. The van der Waals surface area contributed by atoms with Gasteiger partial charge in [-0.1, -0.05) is 23.2 Å². The average Bonchev–Trinajstić information content (AvgIpc) is 2.80. The highest BCUT2D eigenvalue weighted by molar-refractivity contribution is 7.21. The van der Waals surface area contributed by atoms with Crippen LogP contribution in [0.1, 0.15) is 20.9 Å². The fourth-order valence-electron chi connectivity index (χ4n) is 2.40. The molecule has 0 spiro atoms. The summed E-state index contributed by atoms with van der Waals surface area (Å²) >= 11 is 13.1. The van der Waals surface area contributed by atoms with Crippen LogP contribution in [-0.2, 0) is 0 Å². The molecule has 0 radical (unpaired) electrons. The molecular weight excluding hydrogens is 353 g/mol. The Labute approximate surface area is 147 Å². The highest BCUT2D eigenvalue weighted by Gasteiger charge is 2.19. The number of halogens is 2. The maximum absolute atomic E-state index is 12.5. The van der Waals surface area contributed by atoms with Gasteiger partial charge in [-0.25, -0.2) is 4.98 Å². The topological polar surface area (TPSA) is 68.0 Å². The number of carbonyl (C=O) groups is 1. The van der Waals surface area contributed by atoms with E-state index in [9.17, 15) is 4.79 Å². The predicted molar refractivity (Wildman–Crippen MR) is 97.9 cm³/mol. The van der Waals surface area contributed by atoms with Crippen molar-refractivity contribution in [1.29, 1.82) is 0 Å². The molecule has 2 heterocycles. The zero-order valence-corrected chi connectivity index (χ0v) is 14.7. The number of anilines is 2. The zero-order chi connectivity index (χ0) is 16.7. The third-order valence-electron chi connectivity index (χ3n) is 3.41. The Morgan fingerprint density at radius 3 is 2.65 bits per heavy atom. The molecule has 0 fully saturated rings. The van der Waals surface area contributed by atoms with Crippen molar-refractivity contribution in [3.8, 4) is 0 Å². The number of amides is 1. The first-order valence-corrected chi connectivity index (χ1v) is 8.36. The minimum absolute atomic E-state index is 0.291. The Kier molecular flexibility index (Phi) is 4.19. The quantitative estimate of drug-likeness (QED) is 0.667. The van der Waals surface area contributed by atoms with E-state index in [1.54, 1.807) is 18.2 Å². The molecule has 0 unspecified atom stereocenters. The summed E-state index contributed by atoms with van der Waals surface area (Å²) in [6.07, 6.45) is 0. The average molecular weight is 366 g/mol. The Morgan fingerprint density at radius 1 is 1.22 bits per heavy atom. The molecule has 2 aromatic heterocycles. The Balaban J connectivity index is 1.99. The number of thiophene rings is 1.